The van der Waals surface area contributed by atoms with Crippen molar-refractivity contribution in [3.05, 3.63) is 77.2 Å². The topological polar surface area (TPSA) is 28.5 Å². The third-order valence-electron chi connectivity index (χ3n) is 5.96. The number of nitrogens with zero attached hydrogens (tertiary/aromatic N) is 3. The zero-order chi connectivity index (χ0) is 23.5. The molecule has 0 aliphatic carbocycles. The average Bonchev–Trinajstić information content (AvgIpc) is 2.78. The predicted octanol–water partition coefficient (Wildman–Crippen LogP) is 6.44. The van der Waals surface area contributed by atoms with E-state index in [0.29, 0.717) is 22.2 Å². The van der Waals surface area contributed by atoms with Crippen molar-refractivity contribution in [2.45, 2.75) is 46.1 Å². The van der Waals surface area contributed by atoms with Gasteiger partial charge in [0.05, 0.1) is 5.71 Å². The summed E-state index contributed by atoms with van der Waals surface area (Å²) in [7, 11) is 0. The first-order chi connectivity index (χ1) is 15.2. The van der Waals surface area contributed by atoms with Gasteiger partial charge < -0.3 is 4.90 Å². The Morgan fingerprint density at radius 2 is 1.56 bits per heavy atom. The number of aromatic nitrogens is 1. The number of fused-ring (bicyclic) bond motifs is 2. The number of halogens is 3. The molecule has 0 unspecified atom stereocenters. The lowest BCUT2D eigenvalue weighted by molar-refractivity contribution is -0.0681. The molecule has 1 aromatic heterocycles. The van der Waals surface area contributed by atoms with Crippen molar-refractivity contribution >= 4 is 16.6 Å². The molecular weight excluding hydrogens is 411 g/mol. The van der Waals surface area contributed by atoms with Crippen LogP contribution in [0.15, 0.2) is 59.7 Å². The summed E-state index contributed by atoms with van der Waals surface area (Å²) in [5, 5.41) is 0.604. The molecule has 1 aliphatic heterocycles. The highest BCUT2D eigenvalue weighted by Crippen LogP contribution is 2.46. The highest BCUT2D eigenvalue weighted by Gasteiger charge is 2.52. The average molecular weight is 442 g/mol. The third-order valence-corrected chi connectivity index (χ3v) is 5.96. The van der Waals surface area contributed by atoms with Gasteiger partial charge in [0, 0.05) is 28.3 Å². The molecule has 2 aromatic carbocycles. The number of rotatable bonds is 4. The van der Waals surface area contributed by atoms with Crippen LogP contribution in [-0.2, 0) is 5.92 Å². The number of alkyl halides is 2. The second-order valence-electron chi connectivity index (χ2n) is 8.29. The molecule has 0 saturated carbocycles. The molecule has 1 aliphatic rings. The van der Waals surface area contributed by atoms with Crippen LogP contribution in [-0.4, -0.2) is 40.8 Å². The zero-order valence-electron chi connectivity index (χ0n) is 19.3. The molecular formula is C26H30F3N3. The van der Waals surface area contributed by atoms with E-state index < -0.39 is 17.3 Å². The lowest BCUT2D eigenvalue weighted by atomic mass is 9.81. The monoisotopic (exact) mass is 441 g/mol. The summed E-state index contributed by atoms with van der Waals surface area (Å²) in [5.74, 6) is -3.49. The summed E-state index contributed by atoms with van der Waals surface area (Å²) in [6, 6.07) is 12.8. The maximum atomic E-state index is 14.8. The van der Waals surface area contributed by atoms with Gasteiger partial charge in [-0.05, 0) is 45.6 Å². The Bertz CT molecular complexity index is 1110. The molecule has 2 heterocycles. The number of hydrogen-bond donors (Lipinski definition) is 0. The normalized spacial score (nSPS) is 16.2. The summed E-state index contributed by atoms with van der Waals surface area (Å²) in [6.45, 7) is 13.0. The number of benzene rings is 2. The fourth-order valence-corrected chi connectivity index (χ4v) is 3.85. The van der Waals surface area contributed by atoms with E-state index in [1.165, 1.54) is 51.8 Å². The molecule has 0 saturated heterocycles. The number of pyridine rings is 1. The first-order valence-corrected chi connectivity index (χ1v) is 11.0. The van der Waals surface area contributed by atoms with E-state index >= 15 is 0 Å². The van der Waals surface area contributed by atoms with E-state index in [2.05, 4.69) is 35.6 Å². The number of aliphatic imine (C=N–C) groups is 1. The van der Waals surface area contributed by atoms with E-state index in [0.717, 1.165) is 0 Å². The minimum absolute atomic E-state index is 0.0515. The second kappa shape index (κ2) is 9.41. The molecule has 0 atom stereocenters. The lowest BCUT2D eigenvalue weighted by Gasteiger charge is -2.37. The molecule has 3 aromatic rings. The zero-order valence-corrected chi connectivity index (χ0v) is 19.3. The van der Waals surface area contributed by atoms with E-state index in [-0.39, 0.29) is 11.1 Å². The molecule has 32 heavy (non-hydrogen) atoms. The minimum atomic E-state index is -3.08. The quantitative estimate of drug-likeness (QED) is 0.466. The van der Waals surface area contributed by atoms with Crippen LogP contribution in [0, 0.1) is 5.82 Å². The Morgan fingerprint density at radius 1 is 0.906 bits per heavy atom. The molecule has 0 fully saturated rings. The number of para-hydroxylation sites is 1. The van der Waals surface area contributed by atoms with Crippen LogP contribution in [0.4, 0.5) is 13.2 Å². The van der Waals surface area contributed by atoms with Crippen LogP contribution in [0.2, 0.25) is 0 Å². The van der Waals surface area contributed by atoms with Gasteiger partial charge in [-0.25, -0.2) is 4.39 Å². The Hall–Kier alpha value is -2.73. The fraction of sp³-hybridized carbons (Fsp3) is 0.385. The molecule has 170 valence electrons. The lowest BCUT2D eigenvalue weighted by Crippen LogP contribution is -2.44. The first-order valence-electron chi connectivity index (χ1n) is 11.0. The van der Waals surface area contributed by atoms with E-state index in [1.54, 1.807) is 36.4 Å². The Morgan fingerprint density at radius 3 is 2.19 bits per heavy atom. The van der Waals surface area contributed by atoms with Gasteiger partial charge >= 0.3 is 0 Å². The van der Waals surface area contributed by atoms with Gasteiger partial charge in [-0.2, -0.15) is 8.78 Å². The predicted molar refractivity (Wildman–Crippen MR) is 125 cm³/mol. The van der Waals surface area contributed by atoms with Crippen molar-refractivity contribution in [2.24, 2.45) is 4.99 Å². The van der Waals surface area contributed by atoms with Crippen molar-refractivity contribution < 1.29 is 13.2 Å². The van der Waals surface area contributed by atoms with Crippen LogP contribution < -0.4 is 0 Å². The van der Waals surface area contributed by atoms with Gasteiger partial charge in [-0.15, -0.1) is 0 Å². The van der Waals surface area contributed by atoms with Gasteiger partial charge in [0.25, 0.3) is 5.92 Å². The highest BCUT2D eigenvalue weighted by atomic mass is 19.3. The van der Waals surface area contributed by atoms with Crippen LogP contribution in [0.1, 0.15) is 51.3 Å². The molecule has 0 amide bonds. The molecule has 0 N–H and O–H groups in total. The SMILES string of the molecule is CC1(C)N=C(c2cnc3c(F)cccc3c2)c2ccccc2C1(F)F.CCN(CC)CC. The van der Waals surface area contributed by atoms with Crippen LogP contribution >= 0.6 is 0 Å². The van der Waals surface area contributed by atoms with Gasteiger partial charge in [0.2, 0.25) is 0 Å². The Labute approximate surface area is 188 Å². The smallest absolute Gasteiger partial charge is 0.297 e. The standard InChI is InChI=1S/C20H15F3N2.C6H15N/c1-19(2)20(22,23)15-8-4-3-7-14(15)17(25-19)13-10-12-6-5-9-16(21)18(12)24-11-13;1-4-7(5-2)6-3/h3-11H,1-2H3;4-6H2,1-3H3. The van der Waals surface area contributed by atoms with E-state index in [9.17, 15) is 13.2 Å². The van der Waals surface area contributed by atoms with E-state index in [1.807, 2.05) is 0 Å². The van der Waals surface area contributed by atoms with Crippen molar-refractivity contribution in [3.63, 3.8) is 0 Å². The summed E-state index contributed by atoms with van der Waals surface area (Å²) < 4.78 is 43.4. The summed E-state index contributed by atoms with van der Waals surface area (Å²) in [6.07, 6.45) is 1.49. The van der Waals surface area contributed by atoms with Gasteiger partial charge in [0.1, 0.15) is 16.9 Å². The molecule has 0 spiro atoms. The maximum absolute atomic E-state index is 14.8. The summed E-state index contributed by atoms with van der Waals surface area (Å²) in [4.78, 5) is 10.9. The first kappa shape index (κ1) is 23.9. The van der Waals surface area contributed by atoms with Crippen molar-refractivity contribution in [2.75, 3.05) is 19.6 Å². The maximum Gasteiger partial charge on any atom is 0.297 e. The highest BCUT2D eigenvalue weighted by molar-refractivity contribution is 6.15. The Kier molecular flexibility index (Phi) is 7.03. The van der Waals surface area contributed by atoms with Gasteiger partial charge in [0.15, 0.2) is 0 Å². The Balaban J connectivity index is 0.000000360. The van der Waals surface area contributed by atoms with Crippen LogP contribution in [0.5, 0.6) is 0 Å². The van der Waals surface area contributed by atoms with Crippen molar-refractivity contribution in [3.8, 4) is 0 Å². The van der Waals surface area contributed by atoms with Gasteiger partial charge in [-0.1, -0.05) is 57.2 Å². The second-order valence-corrected chi connectivity index (χ2v) is 8.29. The summed E-state index contributed by atoms with van der Waals surface area (Å²) in [5.41, 5.74) is 0.0293. The molecule has 4 rings (SSSR count). The molecule has 0 bridgehead atoms. The van der Waals surface area contributed by atoms with Crippen molar-refractivity contribution in [1.29, 1.82) is 0 Å². The van der Waals surface area contributed by atoms with Crippen LogP contribution in [0.25, 0.3) is 10.9 Å². The van der Waals surface area contributed by atoms with Crippen LogP contribution in [0.3, 0.4) is 0 Å². The summed E-state index contributed by atoms with van der Waals surface area (Å²) >= 11 is 0. The third kappa shape index (κ3) is 4.42. The number of hydrogen-bond acceptors (Lipinski definition) is 3. The van der Waals surface area contributed by atoms with E-state index in [4.69, 9.17) is 0 Å². The molecule has 3 nitrogen and oxygen atoms in total. The van der Waals surface area contributed by atoms with Gasteiger partial charge in [-0.3, -0.25) is 9.98 Å². The molecule has 0 radical (unpaired) electrons. The minimum Gasteiger partial charge on any atom is -0.304 e. The fourth-order valence-electron chi connectivity index (χ4n) is 3.85. The molecule has 6 heteroatoms. The van der Waals surface area contributed by atoms with Crippen molar-refractivity contribution in [1.82, 2.24) is 9.88 Å². The largest absolute Gasteiger partial charge is 0.304 e.